The second-order valence-electron chi connectivity index (χ2n) is 6.16. The lowest BCUT2D eigenvalue weighted by atomic mass is 10.1. The van der Waals surface area contributed by atoms with Crippen LogP contribution in [-0.4, -0.2) is 49.2 Å². The van der Waals surface area contributed by atoms with Gasteiger partial charge in [-0.15, -0.1) is 0 Å². The van der Waals surface area contributed by atoms with Gasteiger partial charge in [0.25, 0.3) is 5.91 Å². The van der Waals surface area contributed by atoms with Crippen molar-refractivity contribution in [3.8, 4) is 11.5 Å². The van der Waals surface area contributed by atoms with Crippen molar-refractivity contribution >= 4 is 11.9 Å². The smallest absolute Gasteiger partial charge is 0.325 e. The molecule has 0 atom stereocenters. The summed E-state index contributed by atoms with van der Waals surface area (Å²) in [4.78, 5) is 26.5. The van der Waals surface area contributed by atoms with Gasteiger partial charge in [-0.25, -0.2) is 0 Å². The van der Waals surface area contributed by atoms with E-state index in [1.165, 1.54) is 4.90 Å². The highest BCUT2D eigenvalue weighted by molar-refractivity contribution is 5.97. The van der Waals surface area contributed by atoms with Crippen molar-refractivity contribution in [2.45, 2.75) is 53.5 Å². The Labute approximate surface area is 156 Å². The van der Waals surface area contributed by atoms with E-state index < -0.39 is 5.97 Å². The first-order chi connectivity index (χ1) is 12.4. The number of unbranched alkanes of at least 4 members (excludes halogenated alkanes) is 1. The van der Waals surface area contributed by atoms with E-state index in [-0.39, 0.29) is 18.5 Å². The van der Waals surface area contributed by atoms with E-state index >= 15 is 0 Å². The lowest BCUT2D eigenvalue weighted by Crippen LogP contribution is -2.41. The summed E-state index contributed by atoms with van der Waals surface area (Å²) < 4.78 is 16.2. The first kappa shape index (κ1) is 21.8. The van der Waals surface area contributed by atoms with Crippen LogP contribution < -0.4 is 9.47 Å². The molecule has 0 aromatic heterocycles. The van der Waals surface area contributed by atoms with E-state index in [0.29, 0.717) is 36.9 Å². The molecule has 6 heteroatoms. The van der Waals surface area contributed by atoms with E-state index in [4.69, 9.17) is 14.2 Å². The molecule has 146 valence electrons. The Morgan fingerprint density at radius 2 is 1.58 bits per heavy atom. The number of ether oxygens (including phenoxy) is 3. The van der Waals surface area contributed by atoms with Crippen LogP contribution in [0.1, 0.15) is 57.8 Å². The summed E-state index contributed by atoms with van der Waals surface area (Å²) in [6.07, 6.45) is 1.76. The van der Waals surface area contributed by atoms with Crippen LogP contribution in [0.4, 0.5) is 0 Å². The molecule has 0 aliphatic carbocycles. The minimum atomic E-state index is -0.397. The van der Waals surface area contributed by atoms with Crippen LogP contribution in [0.5, 0.6) is 11.5 Å². The van der Waals surface area contributed by atoms with Crippen LogP contribution in [0.25, 0.3) is 0 Å². The average molecular weight is 365 g/mol. The molecule has 0 fully saturated rings. The van der Waals surface area contributed by atoms with Crippen LogP contribution in [-0.2, 0) is 9.53 Å². The lowest BCUT2D eigenvalue weighted by Gasteiger charge is -2.26. The molecule has 0 bridgehead atoms. The first-order valence-electron chi connectivity index (χ1n) is 9.30. The maximum Gasteiger partial charge on any atom is 0.325 e. The van der Waals surface area contributed by atoms with Gasteiger partial charge in [0.1, 0.15) is 18.0 Å². The second kappa shape index (κ2) is 11.4. The summed E-state index contributed by atoms with van der Waals surface area (Å²) >= 11 is 0. The van der Waals surface area contributed by atoms with Gasteiger partial charge in [-0.1, -0.05) is 13.3 Å². The molecule has 1 aromatic rings. The third kappa shape index (κ3) is 6.94. The number of esters is 1. The molecule has 0 saturated heterocycles. The highest BCUT2D eigenvalue weighted by Gasteiger charge is 2.23. The fourth-order valence-electron chi connectivity index (χ4n) is 2.36. The molecule has 0 radical (unpaired) electrons. The van der Waals surface area contributed by atoms with Crippen LogP contribution in [0, 0.1) is 0 Å². The van der Waals surface area contributed by atoms with Gasteiger partial charge >= 0.3 is 5.97 Å². The van der Waals surface area contributed by atoms with Gasteiger partial charge < -0.3 is 19.1 Å². The van der Waals surface area contributed by atoms with Gasteiger partial charge in [-0.05, 0) is 46.2 Å². The summed E-state index contributed by atoms with van der Waals surface area (Å²) in [5.41, 5.74) is 0.425. The Hall–Kier alpha value is -2.24. The van der Waals surface area contributed by atoms with E-state index in [1.807, 2.05) is 34.6 Å². The highest BCUT2D eigenvalue weighted by Crippen LogP contribution is 2.24. The Kier molecular flexibility index (Phi) is 9.55. The summed E-state index contributed by atoms with van der Waals surface area (Å²) in [5, 5.41) is 0. The molecule has 1 amide bonds. The van der Waals surface area contributed by atoms with E-state index in [1.54, 1.807) is 18.2 Å². The van der Waals surface area contributed by atoms with Gasteiger partial charge in [-0.3, -0.25) is 9.59 Å². The largest absolute Gasteiger partial charge is 0.494 e. The molecule has 0 heterocycles. The number of hydrogen-bond acceptors (Lipinski definition) is 5. The molecule has 0 aliphatic heterocycles. The van der Waals surface area contributed by atoms with Crippen LogP contribution in [0.3, 0.4) is 0 Å². The van der Waals surface area contributed by atoms with Crippen molar-refractivity contribution in [3.05, 3.63) is 23.8 Å². The quantitative estimate of drug-likeness (QED) is 0.442. The molecule has 0 aliphatic rings. The zero-order valence-corrected chi connectivity index (χ0v) is 16.5. The van der Waals surface area contributed by atoms with Crippen LogP contribution >= 0.6 is 0 Å². The molecule has 26 heavy (non-hydrogen) atoms. The molecule has 6 nitrogen and oxygen atoms in total. The zero-order valence-electron chi connectivity index (χ0n) is 16.5. The van der Waals surface area contributed by atoms with Crippen molar-refractivity contribution in [2.24, 2.45) is 0 Å². The SMILES string of the molecule is CCCCOC(=O)CN(C(=O)c1cc(OCC)cc(OCC)c1)C(C)C. The fourth-order valence-corrected chi connectivity index (χ4v) is 2.36. The van der Waals surface area contributed by atoms with Gasteiger partial charge in [0.05, 0.1) is 19.8 Å². The minimum absolute atomic E-state index is 0.0803. The molecule has 0 N–H and O–H groups in total. The van der Waals surface area contributed by atoms with Gasteiger partial charge in [0, 0.05) is 17.7 Å². The standard InChI is InChI=1S/C20H31NO5/c1-6-9-10-26-19(22)14-21(15(4)5)20(23)16-11-17(24-7-2)13-18(12-16)25-8-3/h11-13,15H,6-10,14H2,1-5H3. The van der Waals surface area contributed by atoms with E-state index in [2.05, 4.69) is 0 Å². The number of benzene rings is 1. The summed E-state index contributed by atoms with van der Waals surface area (Å²) in [6, 6.07) is 4.95. The average Bonchev–Trinajstić information content (AvgIpc) is 2.59. The van der Waals surface area contributed by atoms with E-state index in [9.17, 15) is 9.59 Å². The third-order valence-corrected chi connectivity index (χ3v) is 3.69. The number of carbonyl (C=O) groups excluding carboxylic acids is 2. The predicted molar refractivity (Wildman–Crippen MR) is 101 cm³/mol. The van der Waals surface area contributed by atoms with Crippen LogP contribution in [0.2, 0.25) is 0 Å². The molecule has 1 aromatic carbocycles. The Bertz CT molecular complexity index is 561. The Morgan fingerprint density at radius 1 is 1.00 bits per heavy atom. The maximum atomic E-state index is 13.0. The Morgan fingerprint density at radius 3 is 2.04 bits per heavy atom. The monoisotopic (exact) mass is 365 g/mol. The second-order valence-corrected chi connectivity index (χ2v) is 6.16. The van der Waals surface area contributed by atoms with Crippen molar-refractivity contribution in [1.82, 2.24) is 4.90 Å². The van der Waals surface area contributed by atoms with Crippen molar-refractivity contribution < 1.29 is 23.8 Å². The number of rotatable bonds is 11. The summed E-state index contributed by atoms with van der Waals surface area (Å²) in [5.74, 6) is 0.480. The highest BCUT2D eigenvalue weighted by atomic mass is 16.5. The molecular formula is C20H31NO5. The topological polar surface area (TPSA) is 65.1 Å². The van der Waals surface area contributed by atoms with Gasteiger partial charge in [0.15, 0.2) is 0 Å². The van der Waals surface area contributed by atoms with E-state index in [0.717, 1.165) is 12.8 Å². The van der Waals surface area contributed by atoms with Crippen LogP contribution in [0.15, 0.2) is 18.2 Å². The third-order valence-electron chi connectivity index (χ3n) is 3.69. The lowest BCUT2D eigenvalue weighted by molar-refractivity contribution is -0.144. The maximum absolute atomic E-state index is 13.0. The molecule has 0 spiro atoms. The number of hydrogen-bond donors (Lipinski definition) is 0. The number of amides is 1. The summed E-state index contributed by atoms with van der Waals surface area (Å²) in [7, 11) is 0. The van der Waals surface area contributed by atoms with Gasteiger partial charge in [-0.2, -0.15) is 0 Å². The minimum Gasteiger partial charge on any atom is -0.494 e. The number of nitrogens with zero attached hydrogens (tertiary/aromatic N) is 1. The first-order valence-corrected chi connectivity index (χ1v) is 9.30. The molecule has 0 saturated carbocycles. The van der Waals surface area contributed by atoms with Crippen molar-refractivity contribution in [3.63, 3.8) is 0 Å². The zero-order chi connectivity index (χ0) is 19.5. The normalized spacial score (nSPS) is 10.5. The Balaban J connectivity index is 2.98. The molecule has 0 unspecified atom stereocenters. The molecule has 1 rings (SSSR count). The van der Waals surface area contributed by atoms with Crippen molar-refractivity contribution in [1.29, 1.82) is 0 Å². The fraction of sp³-hybridized carbons (Fsp3) is 0.600. The molecular weight excluding hydrogens is 334 g/mol. The van der Waals surface area contributed by atoms with Crippen molar-refractivity contribution in [2.75, 3.05) is 26.4 Å². The van der Waals surface area contributed by atoms with Gasteiger partial charge in [0.2, 0.25) is 0 Å². The predicted octanol–water partition coefficient (Wildman–Crippen LogP) is 3.68. The summed E-state index contributed by atoms with van der Waals surface area (Å²) in [6.45, 7) is 10.8. The number of carbonyl (C=O) groups is 2.